The molecule has 2 aromatic heterocycles. The fraction of sp³-hybridized carbons (Fsp3) is 0.143. The van der Waals surface area contributed by atoms with Gasteiger partial charge in [-0.15, -0.1) is 0 Å². The first-order chi connectivity index (χ1) is 9.15. The maximum absolute atomic E-state index is 9.68. The molecule has 0 bridgehead atoms. The van der Waals surface area contributed by atoms with E-state index in [4.69, 9.17) is 4.74 Å². The number of benzene rings is 1. The summed E-state index contributed by atoms with van der Waals surface area (Å²) < 4.78 is 7.50. The number of phenols is 1. The molecule has 0 unspecified atom stereocenters. The van der Waals surface area contributed by atoms with Crippen molar-refractivity contribution >= 4 is 5.52 Å². The molecule has 1 aromatic carbocycles. The van der Waals surface area contributed by atoms with Crippen molar-refractivity contribution in [1.82, 2.24) is 14.6 Å². The maximum Gasteiger partial charge on any atom is 0.245 e. The Morgan fingerprint density at radius 3 is 2.95 bits per heavy atom. The van der Waals surface area contributed by atoms with Gasteiger partial charge in [0.2, 0.25) is 5.88 Å². The van der Waals surface area contributed by atoms with E-state index in [1.165, 1.54) is 0 Å². The molecule has 0 aliphatic rings. The molecule has 0 atom stereocenters. The molecule has 0 aliphatic carbocycles. The van der Waals surface area contributed by atoms with Crippen LogP contribution in [0.2, 0.25) is 0 Å². The monoisotopic (exact) mass is 255 g/mol. The molecule has 0 radical (unpaired) electrons. The van der Waals surface area contributed by atoms with Gasteiger partial charge in [-0.25, -0.2) is 9.50 Å². The number of ether oxygens (including phenoxy) is 1. The lowest BCUT2D eigenvalue weighted by Crippen LogP contribution is -1.95. The summed E-state index contributed by atoms with van der Waals surface area (Å²) in [6, 6.07) is 7.06. The first kappa shape index (κ1) is 11.5. The Bertz CT molecular complexity index is 750. The second-order valence-electron chi connectivity index (χ2n) is 4.35. The van der Waals surface area contributed by atoms with Crippen molar-refractivity contribution in [1.29, 1.82) is 0 Å². The molecule has 5 nitrogen and oxygen atoms in total. The summed E-state index contributed by atoms with van der Waals surface area (Å²) in [7, 11) is 0. The molecule has 1 N–H and O–H groups in total. The molecule has 0 amide bonds. The molecule has 3 rings (SSSR count). The molecule has 19 heavy (non-hydrogen) atoms. The van der Waals surface area contributed by atoms with E-state index in [0.29, 0.717) is 17.2 Å². The van der Waals surface area contributed by atoms with E-state index in [1.54, 1.807) is 42.0 Å². The molecule has 5 heteroatoms. The maximum atomic E-state index is 9.68. The number of phenolic OH excluding ortho intramolecular Hbond substituents is 1. The highest BCUT2D eigenvalue weighted by atomic mass is 16.5. The van der Waals surface area contributed by atoms with Crippen LogP contribution in [0.3, 0.4) is 0 Å². The Morgan fingerprint density at radius 1 is 1.26 bits per heavy atom. The van der Waals surface area contributed by atoms with Crippen molar-refractivity contribution in [2.45, 2.75) is 13.8 Å². The van der Waals surface area contributed by atoms with Gasteiger partial charge < -0.3 is 9.84 Å². The number of hydrogen-bond donors (Lipinski definition) is 1. The molecule has 0 saturated heterocycles. The first-order valence-corrected chi connectivity index (χ1v) is 5.92. The van der Waals surface area contributed by atoms with Crippen molar-refractivity contribution < 1.29 is 9.84 Å². The fourth-order valence-electron chi connectivity index (χ4n) is 1.92. The third-order valence-corrected chi connectivity index (χ3v) is 2.94. The van der Waals surface area contributed by atoms with Crippen LogP contribution in [-0.2, 0) is 0 Å². The van der Waals surface area contributed by atoms with Gasteiger partial charge in [0.15, 0.2) is 0 Å². The van der Waals surface area contributed by atoms with Gasteiger partial charge in [0.25, 0.3) is 0 Å². The summed E-state index contributed by atoms with van der Waals surface area (Å²) in [4.78, 5) is 4.22. The predicted molar refractivity (Wildman–Crippen MR) is 70.6 cm³/mol. The average molecular weight is 255 g/mol. The normalized spacial score (nSPS) is 10.8. The highest BCUT2D eigenvalue weighted by Crippen LogP contribution is 2.31. The van der Waals surface area contributed by atoms with Gasteiger partial charge in [-0.2, -0.15) is 5.10 Å². The van der Waals surface area contributed by atoms with Crippen LogP contribution < -0.4 is 4.74 Å². The Labute approximate surface area is 110 Å². The lowest BCUT2D eigenvalue weighted by molar-refractivity contribution is 0.440. The van der Waals surface area contributed by atoms with E-state index in [9.17, 15) is 5.11 Å². The SMILES string of the molecule is Cc1cc2c(Oc3cccc(O)c3C)nccn2n1. The molecule has 3 aromatic rings. The van der Waals surface area contributed by atoms with Crippen molar-refractivity contribution in [2.75, 3.05) is 0 Å². The van der Waals surface area contributed by atoms with Crippen molar-refractivity contribution in [3.63, 3.8) is 0 Å². The number of fused-ring (bicyclic) bond motifs is 1. The minimum atomic E-state index is 0.203. The third-order valence-electron chi connectivity index (χ3n) is 2.94. The topological polar surface area (TPSA) is 59.7 Å². The Balaban J connectivity index is 2.08. The van der Waals surface area contributed by atoms with E-state index in [2.05, 4.69) is 10.1 Å². The summed E-state index contributed by atoms with van der Waals surface area (Å²) in [5.74, 6) is 1.25. The highest BCUT2D eigenvalue weighted by molar-refractivity contribution is 5.58. The zero-order valence-corrected chi connectivity index (χ0v) is 10.7. The summed E-state index contributed by atoms with van der Waals surface area (Å²) in [5.41, 5.74) is 2.37. The molecular formula is C14H13N3O2. The first-order valence-electron chi connectivity index (χ1n) is 5.92. The van der Waals surface area contributed by atoms with E-state index < -0.39 is 0 Å². The largest absolute Gasteiger partial charge is 0.508 e. The van der Waals surface area contributed by atoms with Gasteiger partial charge in [0.05, 0.1) is 5.69 Å². The summed E-state index contributed by atoms with van der Waals surface area (Å²) in [6.45, 7) is 3.71. The van der Waals surface area contributed by atoms with Crippen LogP contribution in [0, 0.1) is 13.8 Å². The number of rotatable bonds is 2. The second kappa shape index (κ2) is 4.28. The van der Waals surface area contributed by atoms with Crippen LogP contribution in [0.15, 0.2) is 36.7 Å². The zero-order valence-electron chi connectivity index (χ0n) is 10.7. The van der Waals surface area contributed by atoms with Gasteiger partial charge in [-0.3, -0.25) is 0 Å². The second-order valence-corrected chi connectivity index (χ2v) is 4.35. The van der Waals surface area contributed by atoms with E-state index in [1.807, 2.05) is 13.0 Å². The number of hydrogen-bond acceptors (Lipinski definition) is 4. The lowest BCUT2D eigenvalue weighted by Gasteiger charge is -2.09. The van der Waals surface area contributed by atoms with Crippen LogP contribution in [0.4, 0.5) is 0 Å². The van der Waals surface area contributed by atoms with E-state index in [-0.39, 0.29) is 5.75 Å². The van der Waals surface area contributed by atoms with Crippen molar-refractivity contribution in [3.8, 4) is 17.4 Å². The van der Waals surface area contributed by atoms with Crippen LogP contribution in [0.1, 0.15) is 11.3 Å². The van der Waals surface area contributed by atoms with Crippen LogP contribution >= 0.6 is 0 Å². The van der Waals surface area contributed by atoms with Crippen LogP contribution in [0.5, 0.6) is 17.4 Å². The van der Waals surface area contributed by atoms with Gasteiger partial charge in [-0.05, 0) is 32.0 Å². The van der Waals surface area contributed by atoms with Gasteiger partial charge in [0, 0.05) is 18.0 Å². The van der Waals surface area contributed by atoms with Crippen molar-refractivity contribution in [3.05, 3.63) is 47.9 Å². The molecule has 0 spiro atoms. The standard InChI is InChI=1S/C14H13N3O2/c1-9-8-11-14(15-6-7-17(11)16-9)19-13-5-3-4-12(18)10(13)2/h3-8,18H,1-2H3. The van der Waals surface area contributed by atoms with Gasteiger partial charge >= 0.3 is 0 Å². The van der Waals surface area contributed by atoms with Gasteiger partial charge in [0.1, 0.15) is 17.0 Å². The molecular weight excluding hydrogens is 242 g/mol. The predicted octanol–water partition coefficient (Wildman–Crippen LogP) is 2.84. The smallest absolute Gasteiger partial charge is 0.245 e. The minimum absolute atomic E-state index is 0.203. The van der Waals surface area contributed by atoms with Crippen LogP contribution in [0.25, 0.3) is 5.52 Å². The number of aryl methyl sites for hydroxylation is 1. The average Bonchev–Trinajstić information content (AvgIpc) is 2.76. The Hall–Kier alpha value is -2.56. The quantitative estimate of drug-likeness (QED) is 0.765. The zero-order chi connectivity index (χ0) is 13.4. The summed E-state index contributed by atoms with van der Waals surface area (Å²) >= 11 is 0. The molecule has 0 aliphatic heterocycles. The molecule has 0 saturated carbocycles. The van der Waals surface area contributed by atoms with Crippen molar-refractivity contribution in [2.24, 2.45) is 0 Å². The third kappa shape index (κ3) is 1.99. The summed E-state index contributed by atoms with van der Waals surface area (Å²) in [5, 5.41) is 14.0. The molecule has 96 valence electrons. The van der Waals surface area contributed by atoms with Crippen LogP contribution in [-0.4, -0.2) is 19.7 Å². The van der Waals surface area contributed by atoms with E-state index >= 15 is 0 Å². The number of aromatic nitrogens is 3. The summed E-state index contributed by atoms with van der Waals surface area (Å²) in [6.07, 6.45) is 3.40. The highest BCUT2D eigenvalue weighted by Gasteiger charge is 2.10. The fourth-order valence-corrected chi connectivity index (χ4v) is 1.92. The van der Waals surface area contributed by atoms with E-state index in [0.717, 1.165) is 11.2 Å². The molecule has 2 heterocycles. The van der Waals surface area contributed by atoms with Gasteiger partial charge in [-0.1, -0.05) is 6.07 Å². The minimum Gasteiger partial charge on any atom is -0.508 e. The Kier molecular flexibility index (Phi) is 2.59. The number of aromatic hydroxyl groups is 1. The molecule has 0 fully saturated rings. The Morgan fingerprint density at radius 2 is 2.11 bits per heavy atom. The lowest BCUT2D eigenvalue weighted by atomic mass is 10.2. The number of nitrogens with zero attached hydrogens (tertiary/aromatic N) is 3.